The zero-order valence-electron chi connectivity index (χ0n) is 16.4. The fourth-order valence-electron chi connectivity index (χ4n) is 2.54. The van der Waals surface area contributed by atoms with E-state index in [1.54, 1.807) is 45.0 Å². The third-order valence-electron chi connectivity index (χ3n) is 3.83. The molecule has 27 heavy (non-hydrogen) atoms. The number of hydrogen-bond acceptors (Lipinski definition) is 5. The van der Waals surface area contributed by atoms with E-state index in [2.05, 4.69) is 10.6 Å². The van der Waals surface area contributed by atoms with Gasteiger partial charge in [-0.15, -0.1) is 0 Å². The minimum atomic E-state index is -0.743. The van der Waals surface area contributed by atoms with Crippen LogP contribution in [0.5, 0.6) is 0 Å². The number of benzene rings is 1. The van der Waals surface area contributed by atoms with Crippen molar-refractivity contribution in [1.29, 1.82) is 0 Å². The van der Waals surface area contributed by atoms with Crippen molar-refractivity contribution in [1.82, 2.24) is 5.32 Å². The first-order valence-corrected chi connectivity index (χ1v) is 8.91. The van der Waals surface area contributed by atoms with E-state index in [9.17, 15) is 14.4 Å². The van der Waals surface area contributed by atoms with Gasteiger partial charge in [0.15, 0.2) is 0 Å². The zero-order chi connectivity index (χ0) is 20.2. The molecule has 0 radical (unpaired) electrons. The van der Waals surface area contributed by atoms with Crippen LogP contribution in [0.1, 0.15) is 34.6 Å². The Morgan fingerprint density at radius 1 is 1.19 bits per heavy atom. The molecule has 8 nitrogen and oxygen atoms in total. The van der Waals surface area contributed by atoms with Crippen molar-refractivity contribution in [3.63, 3.8) is 0 Å². The number of ether oxygens (including phenoxy) is 2. The van der Waals surface area contributed by atoms with Crippen LogP contribution in [0.4, 0.5) is 21.0 Å². The van der Waals surface area contributed by atoms with Gasteiger partial charge < -0.3 is 20.1 Å². The maximum atomic E-state index is 12.6. The molecule has 0 spiro atoms. The number of rotatable bonds is 5. The predicted molar refractivity (Wildman–Crippen MR) is 102 cm³/mol. The minimum absolute atomic E-state index is 0.129. The van der Waals surface area contributed by atoms with Gasteiger partial charge in [0, 0.05) is 11.4 Å². The molecule has 0 bridgehead atoms. The van der Waals surface area contributed by atoms with Crippen LogP contribution in [0.2, 0.25) is 0 Å². The number of nitrogens with one attached hydrogen (secondary N) is 2. The molecule has 148 valence electrons. The van der Waals surface area contributed by atoms with E-state index >= 15 is 0 Å². The Kier molecular flexibility index (Phi) is 6.30. The van der Waals surface area contributed by atoms with Gasteiger partial charge in [-0.05, 0) is 51.0 Å². The lowest BCUT2D eigenvalue weighted by molar-refractivity contribution is -0.119. The van der Waals surface area contributed by atoms with Crippen LogP contribution in [0.3, 0.4) is 0 Å². The van der Waals surface area contributed by atoms with Gasteiger partial charge in [0.2, 0.25) is 5.91 Å². The molecule has 1 fully saturated rings. The SMILES string of the molecule is CC(C)C(NC(=O)OC(C)(C)C)C(=O)Nc1ccc(N2CCOC2=O)cc1. The Hall–Kier alpha value is -2.77. The summed E-state index contributed by atoms with van der Waals surface area (Å²) in [6, 6.07) is 6.11. The molecule has 8 heteroatoms. The Bertz CT molecular complexity index is 694. The summed E-state index contributed by atoms with van der Waals surface area (Å²) in [5.74, 6) is -0.472. The number of anilines is 2. The number of nitrogens with zero attached hydrogens (tertiary/aromatic N) is 1. The maximum absolute atomic E-state index is 12.6. The van der Waals surface area contributed by atoms with Crippen molar-refractivity contribution in [2.75, 3.05) is 23.4 Å². The molecule has 1 unspecified atom stereocenters. The van der Waals surface area contributed by atoms with Crippen LogP contribution in [0.25, 0.3) is 0 Å². The van der Waals surface area contributed by atoms with E-state index < -0.39 is 17.7 Å². The monoisotopic (exact) mass is 377 g/mol. The van der Waals surface area contributed by atoms with Gasteiger partial charge >= 0.3 is 12.2 Å². The first kappa shape index (κ1) is 20.5. The summed E-state index contributed by atoms with van der Waals surface area (Å²) in [4.78, 5) is 37.7. The van der Waals surface area contributed by atoms with Gasteiger partial charge in [0.05, 0.1) is 6.54 Å². The molecule has 1 aromatic carbocycles. The van der Waals surface area contributed by atoms with E-state index in [-0.39, 0.29) is 17.9 Å². The molecule has 2 N–H and O–H groups in total. The molecule has 0 saturated carbocycles. The van der Waals surface area contributed by atoms with E-state index in [4.69, 9.17) is 9.47 Å². The topological polar surface area (TPSA) is 97.0 Å². The molecular formula is C19H27N3O5. The quantitative estimate of drug-likeness (QED) is 0.822. The van der Waals surface area contributed by atoms with E-state index in [1.165, 1.54) is 4.90 Å². The molecular weight excluding hydrogens is 350 g/mol. The second-order valence-corrected chi connectivity index (χ2v) is 7.67. The highest BCUT2D eigenvalue weighted by atomic mass is 16.6. The number of alkyl carbamates (subject to hydrolysis) is 1. The summed E-state index contributed by atoms with van der Waals surface area (Å²) >= 11 is 0. The lowest BCUT2D eigenvalue weighted by Gasteiger charge is -2.25. The van der Waals surface area contributed by atoms with E-state index in [1.807, 2.05) is 13.8 Å². The molecule has 0 aromatic heterocycles. The van der Waals surface area contributed by atoms with Crippen molar-refractivity contribution >= 4 is 29.5 Å². The molecule has 1 aliphatic rings. The first-order valence-electron chi connectivity index (χ1n) is 8.91. The lowest BCUT2D eigenvalue weighted by Crippen LogP contribution is -2.48. The number of carbonyl (C=O) groups excluding carboxylic acids is 3. The van der Waals surface area contributed by atoms with Crippen molar-refractivity contribution in [2.24, 2.45) is 5.92 Å². The van der Waals surface area contributed by atoms with Crippen molar-refractivity contribution in [2.45, 2.75) is 46.3 Å². The van der Waals surface area contributed by atoms with Crippen molar-refractivity contribution < 1.29 is 23.9 Å². The fourth-order valence-corrected chi connectivity index (χ4v) is 2.54. The zero-order valence-corrected chi connectivity index (χ0v) is 16.4. The van der Waals surface area contributed by atoms with Gasteiger partial charge in [-0.25, -0.2) is 9.59 Å². The highest BCUT2D eigenvalue weighted by molar-refractivity contribution is 5.97. The van der Waals surface area contributed by atoms with Gasteiger partial charge in [-0.1, -0.05) is 13.8 Å². The van der Waals surface area contributed by atoms with Gasteiger partial charge in [0.25, 0.3) is 0 Å². The molecule has 1 aromatic rings. The smallest absolute Gasteiger partial charge is 0.414 e. The summed E-state index contributed by atoms with van der Waals surface area (Å²) in [6.45, 7) is 9.81. The standard InChI is InChI=1S/C19H27N3O5/c1-12(2)15(21-17(24)27-19(3,4)5)16(23)20-13-6-8-14(9-7-13)22-10-11-26-18(22)25/h6-9,12,15H,10-11H2,1-5H3,(H,20,23)(H,21,24). The molecule has 1 atom stereocenters. The molecule has 0 aliphatic carbocycles. The molecule has 3 amide bonds. The fraction of sp³-hybridized carbons (Fsp3) is 0.526. The second kappa shape index (κ2) is 8.28. The predicted octanol–water partition coefficient (Wildman–Crippen LogP) is 3.13. The average Bonchev–Trinajstić information content (AvgIpc) is 2.97. The van der Waals surface area contributed by atoms with Crippen LogP contribution in [-0.4, -0.2) is 42.9 Å². The number of cyclic esters (lactones) is 1. The first-order chi connectivity index (χ1) is 12.6. The summed E-state index contributed by atoms with van der Waals surface area (Å²) < 4.78 is 10.1. The highest BCUT2D eigenvalue weighted by Gasteiger charge is 2.27. The summed E-state index contributed by atoms with van der Waals surface area (Å²) in [6.07, 6.45) is -1.02. The van der Waals surface area contributed by atoms with Crippen LogP contribution >= 0.6 is 0 Å². The largest absolute Gasteiger partial charge is 0.447 e. The normalized spacial score (nSPS) is 15.3. The van der Waals surface area contributed by atoms with E-state index in [0.717, 1.165) is 0 Å². The third-order valence-corrected chi connectivity index (χ3v) is 3.83. The lowest BCUT2D eigenvalue weighted by atomic mass is 10.0. The third kappa shape index (κ3) is 5.87. The average molecular weight is 377 g/mol. The number of carbonyl (C=O) groups is 3. The van der Waals surface area contributed by atoms with Crippen LogP contribution in [0, 0.1) is 5.92 Å². The van der Waals surface area contributed by atoms with Crippen LogP contribution in [-0.2, 0) is 14.3 Å². The number of amides is 3. The maximum Gasteiger partial charge on any atom is 0.414 e. The van der Waals surface area contributed by atoms with Gasteiger partial charge in [-0.2, -0.15) is 0 Å². The van der Waals surface area contributed by atoms with E-state index in [0.29, 0.717) is 24.5 Å². The highest BCUT2D eigenvalue weighted by Crippen LogP contribution is 2.21. The van der Waals surface area contributed by atoms with Gasteiger partial charge in [0.1, 0.15) is 18.2 Å². The van der Waals surface area contributed by atoms with Gasteiger partial charge in [-0.3, -0.25) is 9.69 Å². The van der Waals surface area contributed by atoms with Crippen molar-refractivity contribution in [3.05, 3.63) is 24.3 Å². The summed E-state index contributed by atoms with van der Waals surface area (Å²) in [7, 11) is 0. The molecule has 1 aliphatic heterocycles. The van der Waals surface area contributed by atoms with Crippen molar-refractivity contribution in [3.8, 4) is 0 Å². The van der Waals surface area contributed by atoms with Crippen LogP contribution < -0.4 is 15.5 Å². The Morgan fingerprint density at radius 2 is 1.81 bits per heavy atom. The second-order valence-electron chi connectivity index (χ2n) is 7.67. The Labute approximate surface area is 159 Å². The summed E-state index contributed by atoms with van der Waals surface area (Å²) in [5.41, 5.74) is 0.616. The summed E-state index contributed by atoms with van der Waals surface area (Å²) in [5, 5.41) is 5.39. The Balaban J connectivity index is 2.00. The van der Waals surface area contributed by atoms with Crippen LogP contribution in [0.15, 0.2) is 24.3 Å². The minimum Gasteiger partial charge on any atom is -0.447 e. The Morgan fingerprint density at radius 3 is 2.30 bits per heavy atom. The molecule has 1 saturated heterocycles. The number of hydrogen-bond donors (Lipinski definition) is 2. The molecule has 2 rings (SSSR count). The molecule has 1 heterocycles.